The highest BCUT2D eigenvalue weighted by molar-refractivity contribution is 8.18. The van der Waals surface area contributed by atoms with Crippen molar-refractivity contribution in [1.82, 2.24) is 4.90 Å². The molecule has 1 N–H and O–H groups in total. The number of hydrogen-bond acceptors (Lipinski definition) is 8. The van der Waals surface area contributed by atoms with E-state index < -0.39 is 5.91 Å². The Morgan fingerprint density at radius 3 is 2.44 bits per heavy atom. The van der Waals surface area contributed by atoms with Gasteiger partial charge in [-0.15, -0.1) is 0 Å². The SMILES string of the molecule is COc1ccccc1NC(=O)COc1ccc(/C=C2\SC(=O)N(CCOc3ccc(Cl)cc3)C2=O)cc1OC. The molecule has 1 heterocycles. The number of hydrogen-bond donors (Lipinski definition) is 1. The summed E-state index contributed by atoms with van der Waals surface area (Å²) in [5, 5.41) is 2.95. The van der Waals surface area contributed by atoms with Crippen molar-refractivity contribution >= 4 is 52.2 Å². The quantitative estimate of drug-likeness (QED) is 0.303. The summed E-state index contributed by atoms with van der Waals surface area (Å²) >= 11 is 6.72. The molecule has 4 rings (SSSR count). The molecule has 3 aromatic rings. The number of para-hydroxylation sites is 2. The van der Waals surface area contributed by atoms with E-state index in [1.54, 1.807) is 72.8 Å². The van der Waals surface area contributed by atoms with Gasteiger partial charge in [0.2, 0.25) is 0 Å². The third-order valence-electron chi connectivity index (χ3n) is 5.50. The molecule has 0 aliphatic carbocycles. The zero-order valence-corrected chi connectivity index (χ0v) is 22.7. The van der Waals surface area contributed by atoms with Crippen LogP contribution in [0.5, 0.6) is 23.0 Å². The second kappa shape index (κ2) is 13.1. The summed E-state index contributed by atoms with van der Waals surface area (Å²) in [6.45, 7) is -0.000169. The van der Waals surface area contributed by atoms with Gasteiger partial charge < -0.3 is 24.3 Å². The Morgan fingerprint density at radius 1 is 0.949 bits per heavy atom. The molecule has 9 nitrogen and oxygen atoms in total. The van der Waals surface area contributed by atoms with Crippen LogP contribution in [0.25, 0.3) is 6.08 Å². The Kier molecular flexibility index (Phi) is 9.35. The number of benzene rings is 3. The Bertz CT molecular complexity index is 1390. The molecule has 0 bridgehead atoms. The molecule has 3 amide bonds. The molecule has 0 saturated carbocycles. The first-order valence-electron chi connectivity index (χ1n) is 11.8. The van der Waals surface area contributed by atoms with Crippen molar-refractivity contribution in [2.45, 2.75) is 0 Å². The molecule has 1 aliphatic heterocycles. The minimum absolute atomic E-state index is 0.109. The molecule has 202 valence electrons. The summed E-state index contributed by atoms with van der Waals surface area (Å²) in [4.78, 5) is 39.1. The number of halogens is 1. The van der Waals surface area contributed by atoms with Gasteiger partial charge in [0.25, 0.3) is 17.1 Å². The summed E-state index contributed by atoms with van der Waals surface area (Å²) in [5.41, 5.74) is 1.15. The van der Waals surface area contributed by atoms with E-state index in [2.05, 4.69) is 5.32 Å². The van der Waals surface area contributed by atoms with Gasteiger partial charge in [0.1, 0.15) is 18.1 Å². The van der Waals surface area contributed by atoms with Crippen LogP contribution < -0.4 is 24.3 Å². The molecular weight excluding hydrogens is 544 g/mol. The number of carbonyl (C=O) groups excluding carboxylic acids is 3. The fourth-order valence-corrected chi connectivity index (χ4v) is 4.59. The summed E-state index contributed by atoms with van der Waals surface area (Å²) in [6.07, 6.45) is 1.60. The Labute approximate surface area is 234 Å². The Hall–Kier alpha value is -4.15. The van der Waals surface area contributed by atoms with Crippen molar-refractivity contribution in [2.75, 3.05) is 39.3 Å². The molecule has 1 aliphatic rings. The number of carbonyl (C=O) groups is 3. The molecule has 0 spiro atoms. The molecule has 39 heavy (non-hydrogen) atoms. The van der Waals surface area contributed by atoms with Crippen LogP contribution in [0.15, 0.2) is 71.6 Å². The van der Waals surface area contributed by atoms with Crippen LogP contribution in [-0.4, -0.2) is 55.9 Å². The van der Waals surface area contributed by atoms with Gasteiger partial charge in [0.15, 0.2) is 18.1 Å². The summed E-state index contributed by atoms with van der Waals surface area (Å²) < 4.78 is 21.9. The number of thioether (sulfide) groups is 1. The van der Waals surface area contributed by atoms with E-state index in [1.807, 2.05) is 0 Å². The number of imide groups is 1. The molecule has 3 aromatic carbocycles. The zero-order valence-electron chi connectivity index (χ0n) is 21.1. The normalized spacial score (nSPS) is 13.9. The van der Waals surface area contributed by atoms with Crippen molar-refractivity contribution in [2.24, 2.45) is 0 Å². The Balaban J connectivity index is 1.35. The van der Waals surface area contributed by atoms with E-state index >= 15 is 0 Å². The third-order valence-corrected chi connectivity index (χ3v) is 6.66. The minimum Gasteiger partial charge on any atom is -0.495 e. The van der Waals surface area contributed by atoms with Crippen LogP contribution in [0.3, 0.4) is 0 Å². The fraction of sp³-hybridized carbons (Fsp3) is 0.179. The monoisotopic (exact) mass is 568 g/mol. The Morgan fingerprint density at radius 2 is 1.69 bits per heavy atom. The number of amides is 3. The van der Waals surface area contributed by atoms with Crippen LogP contribution in [0.1, 0.15) is 5.56 Å². The number of anilines is 1. The highest BCUT2D eigenvalue weighted by atomic mass is 35.5. The van der Waals surface area contributed by atoms with E-state index in [4.69, 9.17) is 30.5 Å². The van der Waals surface area contributed by atoms with Crippen LogP contribution in [0.4, 0.5) is 10.5 Å². The average Bonchev–Trinajstić information content (AvgIpc) is 3.20. The predicted molar refractivity (Wildman–Crippen MR) is 150 cm³/mol. The van der Waals surface area contributed by atoms with Gasteiger partial charge in [-0.05, 0) is 71.9 Å². The predicted octanol–water partition coefficient (Wildman–Crippen LogP) is 5.49. The number of methoxy groups -OCH3 is 2. The van der Waals surface area contributed by atoms with Crippen molar-refractivity contribution in [3.05, 3.63) is 82.2 Å². The first-order chi connectivity index (χ1) is 18.9. The molecular formula is C28H25ClN2O7S. The van der Waals surface area contributed by atoms with E-state index in [1.165, 1.54) is 14.2 Å². The zero-order chi connectivity index (χ0) is 27.8. The third kappa shape index (κ3) is 7.24. The first kappa shape index (κ1) is 27.9. The van der Waals surface area contributed by atoms with Crippen molar-refractivity contribution < 1.29 is 33.3 Å². The summed E-state index contributed by atoms with van der Waals surface area (Å²) in [6, 6.07) is 18.8. The van der Waals surface area contributed by atoms with Gasteiger partial charge in [0, 0.05) is 5.02 Å². The smallest absolute Gasteiger partial charge is 0.293 e. The molecule has 1 saturated heterocycles. The molecule has 0 radical (unpaired) electrons. The number of rotatable bonds is 11. The maximum Gasteiger partial charge on any atom is 0.293 e. The molecule has 1 fully saturated rings. The number of ether oxygens (including phenoxy) is 4. The van der Waals surface area contributed by atoms with Gasteiger partial charge in [-0.2, -0.15) is 0 Å². The molecule has 0 unspecified atom stereocenters. The van der Waals surface area contributed by atoms with Crippen molar-refractivity contribution in [1.29, 1.82) is 0 Å². The van der Waals surface area contributed by atoms with Gasteiger partial charge in [-0.3, -0.25) is 19.3 Å². The number of nitrogens with zero attached hydrogens (tertiary/aromatic N) is 1. The number of nitrogens with one attached hydrogen (secondary N) is 1. The van der Waals surface area contributed by atoms with E-state index in [9.17, 15) is 14.4 Å². The summed E-state index contributed by atoms with van der Waals surface area (Å²) in [5.74, 6) is 1.05. The van der Waals surface area contributed by atoms with Crippen molar-refractivity contribution in [3.63, 3.8) is 0 Å². The molecule has 11 heteroatoms. The first-order valence-corrected chi connectivity index (χ1v) is 12.9. The van der Waals surface area contributed by atoms with Crippen LogP contribution in [0, 0.1) is 0 Å². The van der Waals surface area contributed by atoms with E-state index in [0.717, 1.165) is 16.7 Å². The fourth-order valence-electron chi connectivity index (χ4n) is 3.60. The van der Waals surface area contributed by atoms with Gasteiger partial charge in [-0.1, -0.05) is 29.8 Å². The lowest BCUT2D eigenvalue weighted by molar-refractivity contribution is -0.123. The highest BCUT2D eigenvalue weighted by Gasteiger charge is 2.34. The largest absolute Gasteiger partial charge is 0.495 e. The van der Waals surface area contributed by atoms with Crippen LogP contribution in [0.2, 0.25) is 5.02 Å². The van der Waals surface area contributed by atoms with Gasteiger partial charge >= 0.3 is 0 Å². The lowest BCUT2D eigenvalue weighted by Gasteiger charge is -2.13. The van der Waals surface area contributed by atoms with E-state index in [-0.39, 0.29) is 35.8 Å². The van der Waals surface area contributed by atoms with Crippen molar-refractivity contribution in [3.8, 4) is 23.0 Å². The standard InChI is InChI=1S/C28H25ClN2O7S/c1-35-22-6-4-3-5-21(22)30-26(32)17-38-23-12-7-18(15-24(23)36-2)16-25-27(33)31(28(34)39-25)13-14-37-20-10-8-19(29)9-11-20/h3-12,15-16H,13-14,17H2,1-2H3,(H,30,32)/b25-16-. The lowest BCUT2D eigenvalue weighted by atomic mass is 10.2. The second-order valence-corrected chi connectivity index (χ2v) is 9.51. The summed E-state index contributed by atoms with van der Waals surface area (Å²) in [7, 11) is 2.99. The van der Waals surface area contributed by atoms with E-state index in [0.29, 0.717) is 39.3 Å². The second-order valence-electron chi connectivity index (χ2n) is 8.08. The van der Waals surface area contributed by atoms with Crippen LogP contribution in [-0.2, 0) is 9.59 Å². The maximum absolute atomic E-state index is 12.8. The molecule has 0 atom stereocenters. The van der Waals surface area contributed by atoms with Gasteiger partial charge in [0.05, 0.1) is 31.4 Å². The maximum atomic E-state index is 12.8. The molecule has 0 aromatic heterocycles. The van der Waals surface area contributed by atoms with Crippen LogP contribution >= 0.6 is 23.4 Å². The topological polar surface area (TPSA) is 103 Å². The minimum atomic E-state index is -0.406. The highest BCUT2D eigenvalue weighted by Crippen LogP contribution is 2.34. The lowest BCUT2D eigenvalue weighted by Crippen LogP contribution is -2.32. The van der Waals surface area contributed by atoms with Gasteiger partial charge in [-0.25, -0.2) is 0 Å². The average molecular weight is 569 g/mol.